The lowest BCUT2D eigenvalue weighted by molar-refractivity contribution is -0.140. The van der Waals surface area contributed by atoms with Crippen molar-refractivity contribution >= 4 is 5.97 Å². The molecule has 0 aromatic heterocycles. The van der Waals surface area contributed by atoms with E-state index in [1.54, 1.807) is 0 Å². The number of hydrogen-bond donors (Lipinski definition) is 2. The first kappa shape index (κ1) is 12.0. The summed E-state index contributed by atoms with van der Waals surface area (Å²) in [5.74, 6) is 1.72. The normalized spacial score (nSPS) is 15.0. The number of hydrogen-bond acceptors (Lipinski definition) is 2. The van der Waals surface area contributed by atoms with Crippen LogP contribution in [-0.4, -0.2) is 23.2 Å². The van der Waals surface area contributed by atoms with Crippen LogP contribution in [0.4, 0.5) is 0 Å². The molecule has 0 rings (SSSR count). The van der Waals surface area contributed by atoms with E-state index in [-0.39, 0.29) is 12.0 Å². The van der Waals surface area contributed by atoms with Crippen LogP contribution >= 0.6 is 0 Å². The smallest absolute Gasteiger partial charge is 0.320 e. The number of rotatable bonds is 5. The predicted molar refractivity (Wildman–Crippen MR) is 52.3 cm³/mol. The molecular formula is C10H17NO2. The second-order valence-corrected chi connectivity index (χ2v) is 3.35. The molecule has 0 fully saturated rings. The van der Waals surface area contributed by atoms with Crippen molar-refractivity contribution in [2.24, 2.45) is 5.92 Å². The van der Waals surface area contributed by atoms with Gasteiger partial charge < -0.3 is 5.11 Å². The topological polar surface area (TPSA) is 49.3 Å². The molecule has 2 unspecified atom stereocenters. The van der Waals surface area contributed by atoms with Crippen LogP contribution in [-0.2, 0) is 4.79 Å². The summed E-state index contributed by atoms with van der Waals surface area (Å²) in [4.78, 5) is 10.8. The van der Waals surface area contributed by atoms with E-state index < -0.39 is 12.0 Å². The second kappa shape index (κ2) is 5.60. The van der Waals surface area contributed by atoms with Crippen LogP contribution in [0.2, 0.25) is 0 Å². The molecule has 0 aromatic carbocycles. The highest BCUT2D eigenvalue weighted by molar-refractivity contribution is 5.73. The van der Waals surface area contributed by atoms with Crippen LogP contribution in [0, 0.1) is 18.3 Å². The lowest BCUT2D eigenvalue weighted by Crippen LogP contribution is -2.45. The molecule has 0 aliphatic rings. The van der Waals surface area contributed by atoms with Gasteiger partial charge in [0.25, 0.3) is 0 Å². The van der Waals surface area contributed by atoms with E-state index in [0.29, 0.717) is 0 Å². The molecule has 2 atom stereocenters. The van der Waals surface area contributed by atoms with Gasteiger partial charge in [0.05, 0.1) is 6.04 Å². The Morgan fingerprint density at radius 3 is 2.38 bits per heavy atom. The molecule has 0 heterocycles. The lowest BCUT2D eigenvalue weighted by atomic mass is 10.0. The van der Waals surface area contributed by atoms with Crippen molar-refractivity contribution in [3.8, 4) is 12.3 Å². The minimum absolute atomic E-state index is 0.0416. The number of terminal acetylenes is 1. The molecule has 3 nitrogen and oxygen atoms in total. The summed E-state index contributed by atoms with van der Waals surface area (Å²) in [6.45, 7) is 5.64. The molecule has 0 aliphatic carbocycles. The Hall–Kier alpha value is -1.01. The summed E-state index contributed by atoms with van der Waals surface area (Å²) < 4.78 is 0. The fraction of sp³-hybridized carbons (Fsp3) is 0.700. The first-order chi connectivity index (χ1) is 6.02. The van der Waals surface area contributed by atoms with E-state index in [1.807, 2.05) is 20.8 Å². The molecular weight excluding hydrogens is 166 g/mol. The molecule has 3 heteroatoms. The standard InChI is InChI=1S/C10H17NO2/c1-5-8(6-2)11-9(7(3)4)10(12)13/h1,7-9,11H,6H2,2-4H3,(H,12,13). The van der Waals surface area contributed by atoms with Crippen molar-refractivity contribution in [3.63, 3.8) is 0 Å². The van der Waals surface area contributed by atoms with E-state index in [4.69, 9.17) is 11.5 Å². The van der Waals surface area contributed by atoms with Crippen molar-refractivity contribution in [1.82, 2.24) is 5.32 Å². The minimum Gasteiger partial charge on any atom is -0.480 e. The summed E-state index contributed by atoms with van der Waals surface area (Å²) in [6, 6.07) is -0.704. The monoisotopic (exact) mass is 183 g/mol. The first-order valence-electron chi connectivity index (χ1n) is 4.47. The molecule has 0 saturated heterocycles. The Labute approximate surface area is 79.5 Å². The van der Waals surface area contributed by atoms with Gasteiger partial charge in [0.2, 0.25) is 0 Å². The Kier molecular flexibility index (Phi) is 5.17. The van der Waals surface area contributed by atoms with Gasteiger partial charge in [0, 0.05) is 0 Å². The van der Waals surface area contributed by atoms with Gasteiger partial charge in [-0.15, -0.1) is 6.42 Å². The van der Waals surface area contributed by atoms with Gasteiger partial charge in [-0.1, -0.05) is 26.7 Å². The Morgan fingerprint density at radius 1 is 1.62 bits per heavy atom. The molecule has 0 aliphatic heterocycles. The van der Waals surface area contributed by atoms with Crippen molar-refractivity contribution in [2.45, 2.75) is 39.3 Å². The number of aliphatic carboxylic acids is 1. The number of nitrogens with one attached hydrogen (secondary N) is 1. The summed E-state index contributed by atoms with van der Waals surface area (Å²) >= 11 is 0. The van der Waals surface area contributed by atoms with Crippen LogP contribution in [0.25, 0.3) is 0 Å². The molecule has 74 valence electrons. The third-order valence-corrected chi connectivity index (χ3v) is 1.92. The van der Waals surface area contributed by atoms with Crippen LogP contribution in [0.1, 0.15) is 27.2 Å². The van der Waals surface area contributed by atoms with E-state index in [2.05, 4.69) is 11.2 Å². The highest BCUT2D eigenvalue weighted by Crippen LogP contribution is 2.03. The van der Waals surface area contributed by atoms with Crippen LogP contribution < -0.4 is 5.32 Å². The predicted octanol–water partition coefficient (Wildman–Crippen LogP) is 1.10. The van der Waals surface area contributed by atoms with E-state index >= 15 is 0 Å². The average Bonchev–Trinajstić information content (AvgIpc) is 2.05. The first-order valence-corrected chi connectivity index (χ1v) is 4.47. The van der Waals surface area contributed by atoms with Crippen molar-refractivity contribution in [3.05, 3.63) is 0 Å². The zero-order valence-corrected chi connectivity index (χ0v) is 8.37. The molecule has 0 amide bonds. The number of carboxylic acids is 1. The zero-order valence-electron chi connectivity index (χ0n) is 8.37. The quantitative estimate of drug-likeness (QED) is 0.627. The van der Waals surface area contributed by atoms with E-state index in [9.17, 15) is 4.79 Å². The maximum atomic E-state index is 10.8. The van der Waals surface area contributed by atoms with Crippen LogP contribution in [0.5, 0.6) is 0 Å². The Bertz CT molecular complexity index is 205. The van der Waals surface area contributed by atoms with E-state index in [1.165, 1.54) is 0 Å². The fourth-order valence-electron chi connectivity index (χ4n) is 1.05. The summed E-state index contributed by atoms with van der Waals surface area (Å²) in [5.41, 5.74) is 0. The number of carbonyl (C=O) groups is 1. The fourth-order valence-corrected chi connectivity index (χ4v) is 1.05. The Morgan fingerprint density at radius 2 is 2.15 bits per heavy atom. The molecule has 13 heavy (non-hydrogen) atoms. The minimum atomic E-state index is -0.844. The largest absolute Gasteiger partial charge is 0.480 e. The van der Waals surface area contributed by atoms with Gasteiger partial charge in [-0.2, -0.15) is 0 Å². The summed E-state index contributed by atoms with van der Waals surface area (Å²) in [7, 11) is 0. The van der Waals surface area contributed by atoms with Gasteiger partial charge in [0.15, 0.2) is 0 Å². The maximum Gasteiger partial charge on any atom is 0.320 e. The SMILES string of the molecule is C#CC(CC)NC(C(=O)O)C(C)C. The molecule has 0 spiro atoms. The summed E-state index contributed by atoms with van der Waals surface area (Å²) in [5, 5.41) is 11.8. The van der Waals surface area contributed by atoms with Crippen molar-refractivity contribution in [1.29, 1.82) is 0 Å². The van der Waals surface area contributed by atoms with Crippen molar-refractivity contribution < 1.29 is 9.90 Å². The molecule has 0 bridgehead atoms. The van der Waals surface area contributed by atoms with Gasteiger partial charge in [-0.25, -0.2) is 0 Å². The highest BCUT2D eigenvalue weighted by atomic mass is 16.4. The van der Waals surface area contributed by atoms with Crippen molar-refractivity contribution in [2.75, 3.05) is 0 Å². The van der Waals surface area contributed by atoms with Gasteiger partial charge in [-0.3, -0.25) is 10.1 Å². The zero-order chi connectivity index (χ0) is 10.4. The number of carboxylic acid groups (broad SMARTS) is 1. The third kappa shape index (κ3) is 3.95. The molecule has 0 saturated carbocycles. The van der Waals surface area contributed by atoms with E-state index in [0.717, 1.165) is 6.42 Å². The molecule has 2 N–H and O–H groups in total. The lowest BCUT2D eigenvalue weighted by Gasteiger charge is -2.21. The van der Waals surface area contributed by atoms with Crippen LogP contribution in [0.3, 0.4) is 0 Å². The summed E-state index contributed by atoms with van der Waals surface area (Å²) in [6.07, 6.45) is 5.97. The average molecular weight is 183 g/mol. The molecule has 0 radical (unpaired) electrons. The third-order valence-electron chi connectivity index (χ3n) is 1.92. The maximum absolute atomic E-state index is 10.8. The Balaban J connectivity index is 4.26. The molecule has 0 aromatic rings. The highest BCUT2D eigenvalue weighted by Gasteiger charge is 2.22. The van der Waals surface area contributed by atoms with Crippen LogP contribution in [0.15, 0.2) is 0 Å². The van der Waals surface area contributed by atoms with Gasteiger partial charge in [-0.05, 0) is 12.3 Å². The second-order valence-electron chi connectivity index (χ2n) is 3.35. The van der Waals surface area contributed by atoms with Gasteiger partial charge >= 0.3 is 5.97 Å². The van der Waals surface area contributed by atoms with Gasteiger partial charge in [0.1, 0.15) is 6.04 Å².